The zero-order valence-electron chi connectivity index (χ0n) is 11.0. The lowest BCUT2D eigenvalue weighted by Gasteiger charge is -2.05. The Morgan fingerprint density at radius 3 is 2.24 bits per heavy atom. The maximum atomic E-state index is 10.4. The number of carboxylic acids is 1. The molecular formula is C12H27N3O2. The fourth-order valence-electron chi connectivity index (χ4n) is 1.28. The molecule has 0 spiro atoms. The number of unbranched alkanes of at least 4 members (excludes halogenated alkanes) is 3. The third kappa shape index (κ3) is 13.0. The zero-order valence-corrected chi connectivity index (χ0v) is 11.0. The van der Waals surface area contributed by atoms with Gasteiger partial charge in [-0.05, 0) is 19.3 Å². The lowest BCUT2D eigenvalue weighted by Crippen LogP contribution is -2.29. The van der Waals surface area contributed by atoms with Crippen LogP contribution in [0.4, 0.5) is 0 Å². The fraction of sp³-hybridized carbons (Fsp3) is 0.833. The van der Waals surface area contributed by atoms with Gasteiger partial charge in [-0.3, -0.25) is 4.79 Å². The molecule has 0 saturated heterocycles. The summed E-state index contributed by atoms with van der Waals surface area (Å²) in [6.07, 6.45) is 5.06. The molecule has 6 N–H and O–H groups in total. The Morgan fingerprint density at radius 1 is 1.24 bits per heavy atom. The number of nitrogens with two attached hydrogens (primary N) is 2. The van der Waals surface area contributed by atoms with Crippen LogP contribution < -0.4 is 11.5 Å². The molecule has 0 amide bonds. The van der Waals surface area contributed by atoms with Crippen molar-refractivity contribution in [3.8, 4) is 0 Å². The van der Waals surface area contributed by atoms with Crippen molar-refractivity contribution in [3.63, 3.8) is 0 Å². The Labute approximate surface area is 104 Å². The number of rotatable bonds is 9. The van der Waals surface area contributed by atoms with E-state index in [4.69, 9.17) is 22.0 Å². The average Bonchev–Trinajstić information content (AvgIpc) is 2.35. The molecule has 0 fully saturated rings. The number of carboxylic acid groups (broad SMARTS) is 1. The zero-order chi connectivity index (χ0) is 13.7. The second-order valence-corrected chi connectivity index (χ2v) is 3.71. The normalized spacial score (nSPS) is 11.3. The van der Waals surface area contributed by atoms with Crippen molar-refractivity contribution in [2.75, 3.05) is 6.54 Å². The smallest absolute Gasteiger partial charge is 0.320 e. The van der Waals surface area contributed by atoms with Crippen molar-refractivity contribution >= 4 is 11.7 Å². The van der Waals surface area contributed by atoms with Crippen LogP contribution in [0.1, 0.15) is 52.4 Å². The molecule has 0 bridgehead atoms. The molecule has 1 unspecified atom stereocenters. The van der Waals surface area contributed by atoms with E-state index in [-0.39, 0.29) is 0 Å². The summed E-state index contributed by atoms with van der Waals surface area (Å²) < 4.78 is 0. The first-order valence-corrected chi connectivity index (χ1v) is 6.32. The molecule has 0 radical (unpaired) electrons. The van der Waals surface area contributed by atoms with Crippen molar-refractivity contribution in [1.29, 1.82) is 5.41 Å². The van der Waals surface area contributed by atoms with Gasteiger partial charge in [-0.1, -0.05) is 33.1 Å². The van der Waals surface area contributed by atoms with Gasteiger partial charge in [-0.2, -0.15) is 0 Å². The molecular weight excluding hydrogens is 218 g/mol. The summed E-state index contributed by atoms with van der Waals surface area (Å²) in [5.41, 5.74) is 11.2. The summed E-state index contributed by atoms with van der Waals surface area (Å²) in [5.74, 6) is -0.931. The van der Waals surface area contributed by atoms with Crippen molar-refractivity contribution in [2.45, 2.75) is 58.4 Å². The minimum atomic E-state index is -0.931. The van der Waals surface area contributed by atoms with E-state index >= 15 is 0 Å². The van der Waals surface area contributed by atoms with E-state index in [2.05, 4.69) is 0 Å². The third-order valence-electron chi connectivity index (χ3n) is 2.31. The first-order chi connectivity index (χ1) is 8.07. The van der Waals surface area contributed by atoms with Gasteiger partial charge < -0.3 is 22.0 Å². The highest BCUT2D eigenvalue weighted by atomic mass is 16.4. The Hall–Kier alpha value is -0.940. The van der Waals surface area contributed by atoms with Gasteiger partial charge in [0, 0.05) is 12.3 Å². The Balaban J connectivity index is 0. The van der Waals surface area contributed by atoms with Gasteiger partial charge in [-0.15, -0.1) is 0 Å². The Bertz CT molecular complexity index is 208. The van der Waals surface area contributed by atoms with Crippen molar-refractivity contribution in [3.05, 3.63) is 0 Å². The molecule has 0 aliphatic carbocycles. The highest BCUT2D eigenvalue weighted by Crippen LogP contribution is 2.07. The molecule has 0 aromatic carbocycles. The van der Waals surface area contributed by atoms with E-state index < -0.39 is 12.0 Å². The SMILES string of the molecule is CC.N=C(CN)CCCCCCC(N)C(=O)O. The first kappa shape index (κ1) is 18.4. The van der Waals surface area contributed by atoms with Gasteiger partial charge in [0.25, 0.3) is 0 Å². The second kappa shape index (κ2) is 13.1. The topological polar surface area (TPSA) is 113 Å². The van der Waals surface area contributed by atoms with Crippen LogP contribution in [0.15, 0.2) is 0 Å². The van der Waals surface area contributed by atoms with E-state index in [1.807, 2.05) is 13.8 Å². The fourth-order valence-corrected chi connectivity index (χ4v) is 1.28. The monoisotopic (exact) mass is 245 g/mol. The van der Waals surface area contributed by atoms with Gasteiger partial charge in [0.1, 0.15) is 6.04 Å². The predicted molar refractivity (Wildman–Crippen MR) is 71.4 cm³/mol. The van der Waals surface area contributed by atoms with Gasteiger partial charge in [-0.25, -0.2) is 0 Å². The van der Waals surface area contributed by atoms with Crippen LogP contribution in [-0.2, 0) is 4.79 Å². The third-order valence-corrected chi connectivity index (χ3v) is 2.31. The van der Waals surface area contributed by atoms with Crippen LogP contribution in [0.2, 0.25) is 0 Å². The molecule has 0 rings (SSSR count). The Morgan fingerprint density at radius 2 is 1.76 bits per heavy atom. The van der Waals surface area contributed by atoms with Crippen LogP contribution >= 0.6 is 0 Å². The largest absolute Gasteiger partial charge is 0.480 e. The maximum Gasteiger partial charge on any atom is 0.320 e. The van der Waals surface area contributed by atoms with E-state index in [1.165, 1.54) is 0 Å². The van der Waals surface area contributed by atoms with Crippen LogP contribution in [0.25, 0.3) is 0 Å². The summed E-state index contributed by atoms with van der Waals surface area (Å²) in [5, 5.41) is 15.8. The molecule has 0 aromatic rings. The van der Waals surface area contributed by atoms with Gasteiger partial charge in [0.05, 0.1) is 0 Å². The minimum Gasteiger partial charge on any atom is -0.480 e. The van der Waals surface area contributed by atoms with Crippen LogP contribution in [0.5, 0.6) is 0 Å². The number of aliphatic carboxylic acids is 1. The molecule has 0 heterocycles. The molecule has 0 aromatic heterocycles. The maximum absolute atomic E-state index is 10.4. The Kier molecular flexibility index (Phi) is 14.2. The predicted octanol–water partition coefficient (Wildman–Crippen LogP) is 1.74. The van der Waals surface area contributed by atoms with Crippen molar-refractivity contribution < 1.29 is 9.90 Å². The van der Waals surface area contributed by atoms with Crippen LogP contribution in [-0.4, -0.2) is 29.4 Å². The molecule has 102 valence electrons. The second-order valence-electron chi connectivity index (χ2n) is 3.71. The van der Waals surface area contributed by atoms with E-state index in [1.54, 1.807) is 0 Å². The minimum absolute atomic E-state index is 0.337. The number of hydrogen-bond acceptors (Lipinski definition) is 4. The molecule has 0 saturated carbocycles. The van der Waals surface area contributed by atoms with Gasteiger partial charge >= 0.3 is 5.97 Å². The average molecular weight is 245 g/mol. The molecule has 17 heavy (non-hydrogen) atoms. The lowest BCUT2D eigenvalue weighted by molar-refractivity contribution is -0.138. The summed E-state index contributed by atoms with van der Waals surface area (Å²) in [4.78, 5) is 10.4. The highest BCUT2D eigenvalue weighted by Gasteiger charge is 2.09. The van der Waals surface area contributed by atoms with Crippen molar-refractivity contribution in [1.82, 2.24) is 0 Å². The standard InChI is InChI=1S/C10H21N3O2.C2H6/c11-7-8(12)5-3-1-2-4-6-9(13)10(14)15;1-2/h9,12H,1-7,11,13H2,(H,14,15);1-2H3. The summed E-state index contributed by atoms with van der Waals surface area (Å²) in [6, 6.07) is -0.729. The highest BCUT2D eigenvalue weighted by molar-refractivity contribution is 5.82. The van der Waals surface area contributed by atoms with E-state index in [9.17, 15) is 4.79 Å². The quantitative estimate of drug-likeness (QED) is 0.366. The lowest BCUT2D eigenvalue weighted by atomic mass is 10.1. The summed E-state index contributed by atoms with van der Waals surface area (Å²) in [7, 11) is 0. The van der Waals surface area contributed by atoms with Crippen LogP contribution in [0, 0.1) is 5.41 Å². The van der Waals surface area contributed by atoms with Gasteiger partial charge in [0.2, 0.25) is 0 Å². The number of hydrogen-bond donors (Lipinski definition) is 4. The number of nitrogens with one attached hydrogen (secondary N) is 1. The van der Waals surface area contributed by atoms with Crippen LogP contribution in [0.3, 0.4) is 0 Å². The first-order valence-electron chi connectivity index (χ1n) is 6.32. The molecule has 0 aliphatic rings. The summed E-state index contributed by atoms with van der Waals surface area (Å²) >= 11 is 0. The molecule has 5 nitrogen and oxygen atoms in total. The van der Waals surface area contributed by atoms with Crippen molar-refractivity contribution in [2.24, 2.45) is 11.5 Å². The molecule has 1 atom stereocenters. The summed E-state index contributed by atoms with van der Waals surface area (Å²) in [6.45, 7) is 4.34. The number of carbonyl (C=O) groups is 1. The van der Waals surface area contributed by atoms with E-state index in [0.717, 1.165) is 32.1 Å². The molecule has 5 heteroatoms. The molecule has 0 aliphatic heterocycles. The van der Waals surface area contributed by atoms with Gasteiger partial charge in [0.15, 0.2) is 0 Å². The van der Waals surface area contributed by atoms with E-state index in [0.29, 0.717) is 18.7 Å².